The van der Waals surface area contributed by atoms with Gasteiger partial charge in [0, 0.05) is 17.0 Å². The highest BCUT2D eigenvalue weighted by atomic mass is 32.1. The van der Waals surface area contributed by atoms with E-state index in [2.05, 4.69) is 30.7 Å². The molecule has 0 aliphatic heterocycles. The molecule has 0 bridgehead atoms. The summed E-state index contributed by atoms with van der Waals surface area (Å²) in [6, 6.07) is 3.23. The number of nitrogens with zero attached hydrogens (tertiary/aromatic N) is 2. The van der Waals surface area contributed by atoms with Crippen LogP contribution in [0.1, 0.15) is 42.0 Å². The number of thiazole rings is 1. The summed E-state index contributed by atoms with van der Waals surface area (Å²) in [6.07, 6.45) is 1.43. The molecule has 0 unspecified atom stereocenters. The predicted octanol–water partition coefficient (Wildman–Crippen LogP) is 3.11. The molecule has 0 spiro atoms. The summed E-state index contributed by atoms with van der Waals surface area (Å²) in [5.41, 5.74) is 0.711. The molecular formula is C14H16N2O3S. The van der Waals surface area contributed by atoms with Crippen LogP contribution < -0.4 is 4.74 Å². The van der Waals surface area contributed by atoms with Crippen molar-refractivity contribution in [2.24, 2.45) is 0 Å². The van der Waals surface area contributed by atoms with Gasteiger partial charge in [0.25, 0.3) is 0 Å². The van der Waals surface area contributed by atoms with Crippen molar-refractivity contribution in [3.8, 4) is 5.75 Å². The number of carboxylic acids is 1. The number of rotatable bonds is 4. The van der Waals surface area contributed by atoms with Crippen molar-refractivity contribution in [1.82, 2.24) is 9.97 Å². The number of hydrogen-bond donors (Lipinski definition) is 1. The van der Waals surface area contributed by atoms with Crippen LogP contribution in [0.3, 0.4) is 0 Å². The van der Waals surface area contributed by atoms with Crippen LogP contribution in [0.25, 0.3) is 0 Å². The Labute approximate surface area is 121 Å². The molecule has 1 N–H and O–H groups in total. The maximum atomic E-state index is 11.0. The predicted molar refractivity (Wildman–Crippen MR) is 76.3 cm³/mol. The van der Waals surface area contributed by atoms with Crippen LogP contribution in [-0.4, -0.2) is 21.0 Å². The van der Waals surface area contributed by atoms with Crippen LogP contribution >= 0.6 is 11.3 Å². The van der Waals surface area contributed by atoms with E-state index >= 15 is 0 Å². The smallest absolute Gasteiger partial charge is 0.358 e. The van der Waals surface area contributed by atoms with Crippen LogP contribution in [0.15, 0.2) is 23.7 Å². The number of pyridine rings is 1. The first kappa shape index (κ1) is 14.5. The van der Waals surface area contributed by atoms with Crippen LogP contribution in [0, 0.1) is 0 Å². The van der Waals surface area contributed by atoms with E-state index in [1.54, 1.807) is 23.5 Å². The van der Waals surface area contributed by atoms with Crippen molar-refractivity contribution in [2.45, 2.75) is 32.8 Å². The van der Waals surface area contributed by atoms with Crippen molar-refractivity contribution in [3.63, 3.8) is 0 Å². The minimum Gasteiger partial charge on any atom is -0.485 e. The molecule has 0 atom stereocenters. The van der Waals surface area contributed by atoms with E-state index in [0.717, 1.165) is 10.7 Å². The summed E-state index contributed by atoms with van der Waals surface area (Å²) in [7, 11) is 0. The Kier molecular flexibility index (Phi) is 4.04. The zero-order valence-corrected chi connectivity index (χ0v) is 12.4. The monoisotopic (exact) mass is 292 g/mol. The molecule has 2 rings (SSSR count). The lowest BCUT2D eigenvalue weighted by molar-refractivity contribution is 0.0684. The van der Waals surface area contributed by atoms with E-state index in [1.165, 1.54) is 6.20 Å². The molecule has 6 heteroatoms. The molecule has 5 nitrogen and oxygen atoms in total. The first-order valence-corrected chi connectivity index (χ1v) is 7.02. The third-order valence-electron chi connectivity index (χ3n) is 2.54. The van der Waals surface area contributed by atoms with E-state index in [9.17, 15) is 4.79 Å². The lowest BCUT2D eigenvalue weighted by Gasteiger charge is -2.13. The molecule has 0 amide bonds. The van der Waals surface area contributed by atoms with E-state index in [0.29, 0.717) is 0 Å². The number of hydrogen-bond acceptors (Lipinski definition) is 5. The standard InChI is InChI=1S/C14H16N2O3S/c1-14(2,3)13-16-9(8-20-13)7-19-10-5-4-6-15-11(10)12(17)18/h4-6,8H,7H2,1-3H3,(H,17,18). The second-order valence-corrected chi connectivity index (χ2v) is 6.20. The molecule has 20 heavy (non-hydrogen) atoms. The van der Waals surface area contributed by atoms with E-state index < -0.39 is 5.97 Å². The van der Waals surface area contributed by atoms with Gasteiger partial charge in [-0.3, -0.25) is 0 Å². The van der Waals surface area contributed by atoms with Crippen molar-refractivity contribution in [1.29, 1.82) is 0 Å². The Morgan fingerprint density at radius 1 is 1.45 bits per heavy atom. The summed E-state index contributed by atoms with van der Waals surface area (Å²) < 4.78 is 5.51. The van der Waals surface area contributed by atoms with E-state index in [-0.39, 0.29) is 23.5 Å². The molecule has 0 saturated carbocycles. The fraction of sp³-hybridized carbons (Fsp3) is 0.357. The topological polar surface area (TPSA) is 72.3 Å². The first-order valence-electron chi connectivity index (χ1n) is 6.14. The van der Waals surface area contributed by atoms with Gasteiger partial charge in [-0.05, 0) is 12.1 Å². The van der Waals surface area contributed by atoms with Gasteiger partial charge in [-0.15, -0.1) is 11.3 Å². The Hall–Kier alpha value is -1.95. The Morgan fingerprint density at radius 3 is 2.80 bits per heavy atom. The van der Waals surface area contributed by atoms with Gasteiger partial charge in [-0.2, -0.15) is 0 Å². The molecule has 0 aromatic carbocycles. The number of carbonyl (C=O) groups is 1. The van der Waals surface area contributed by atoms with Gasteiger partial charge in [0.05, 0.1) is 10.7 Å². The van der Waals surface area contributed by atoms with Crippen molar-refractivity contribution < 1.29 is 14.6 Å². The minimum atomic E-state index is -1.10. The molecule has 2 heterocycles. The molecular weight excluding hydrogens is 276 g/mol. The number of ether oxygens (including phenoxy) is 1. The van der Waals surface area contributed by atoms with E-state index in [1.807, 2.05) is 5.38 Å². The molecule has 2 aromatic rings. The van der Waals surface area contributed by atoms with Crippen LogP contribution in [0.4, 0.5) is 0 Å². The fourth-order valence-corrected chi connectivity index (χ4v) is 2.43. The third-order valence-corrected chi connectivity index (χ3v) is 3.86. The Morgan fingerprint density at radius 2 is 2.20 bits per heavy atom. The molecule has 106 valence electrons. The maximum absolute atomic E-state index is 11.0. The molecule has 2 aromatic heterocycles. The van der Waals surface area contributed by atoms with Gasteiger partial charge in [0.1, 0.15) is 6.61 Å². The molecule has 0 aliphatic rings. The zero-order valence-electron chi connectivity index (χ0n) is 11.6. The SMILES string of the molecule is CC(C)(C)c1nc(COc2cccnc2C(=O)O)cs1. The lowest BCUT2D eigenvalue weighted by Crippen LogP contribution is -2.11. The average molecular weight is 292 g/mol. The highest BCUT2D eigenvalue weighted by Crippen LogP contribution is 2.26. The summed E-state index contributed by atoms with van der Waals surface area (Å²) >= 11 is 1.58. The van der Waals surface area contributed by atoms with Gasteiger partial charge < -0.3 is 9.84 Å². The van der Waals surface area contributed by atoms with Gasteiger partial charge in [-0.1, -0.05) is 20.8 Å². The quantitative estimate of drug-likeness (QED) is 0.937. The van der Waals surface area contributed by atoms with E-state index in [4.69, 9.17) is 9.84 Å². The normalized spacial score (nSPS) is 11.3. The summed E-state index contributed by atoms with van der Waals surface area (Å²) in [6.45, 7) is 6.53. The number of aromatic carboxylic acids is 1. The molecule has 0 radical (unpaired) electrons. The molecule has 0 fully saturated rings. The van der Waals surface area contributed by atoms with Crippen LogP contribution in [-0.2, 0) is 12.0 Å². The van der Waals surface area contributed by atoms with Crippen molar-refractivity contribution in [2.75, 3.05) is 0 Å². The summed E-state index contributed by atoms with van der Waals surface area (Å²) in [5.74, 6) is -0.848. The summed E-state index contributed by atoms with van der Waals surface area (Å²) in [4.78, 5) is 19.3. The van der Waals surface area contributed by atoms with Gasteiger partial charge in [0.2, 0.25) is 0 Å². The number of carboxylic acid groups (broad SMARTS) is 1. The van der Waals surface area contributed by atoms with Crippen LogP contribution in [0.5, 0.6) is 5.75 Å². The van der Waals surface area contributed by atoms with Gasteiger partial charge >= 0.3 is 5.97 Å². The van der Waals surface area contributed by atoms with Crippen molar-refractivity contribution >= 4 is 17.3 Å². The van der Waals surface area contributed by atoms with Crippen molar-refractivity contribution in [3.05, 3.63) is 40.1 Å². The highest BCUT2D eigenvalue weighted by molar-refractivity contribution is 7.09. The second-order valence-electron chi connectivity index (χ2n) is 5.34. The zero-order chi connectivity index (χ0) is 14.8. The minimum absolute atomic E-state index is 0.00342. The van der Waals surface area contributed by atoms with Crippen LogP contribution in [0.2, 0.25) is 0 Å². The van der Waals surface area contributed by atoms with Gasteiger partial charge in [0.15, 0.2) is 11.4 Å². The first-order chi connectivity index (χ1) is 9.38. The molecule has 0 saturated heterocycles. The second kappa shape index (κ2) is 5.58. The third kappa shape index (κ3) is 3.33. The fourth-order valence-electron chi connectivity index (χ4n) is 1.54. The molecule has 0 aliphatic carbocycles. The average Bonchev–Trinajstić information content (AvgIpc) is 2.85. The summed E-state index contributed by atoms with van der Waals surface area (Å²) in [5, 5.41) is 12.0. The Bertz CT molecular complexity index is 617. The maximum Gasteiger partial charge on any atom is 0.358 e. The van der Waals surface area contributed by atoms with Gasteiger partial charge in [-0.25, -0.2) is 14.8 Å². The number of aromatic nitrogens is 2. The lowest BCUT2D eigenvalue weighted by atomic mass is 9.98. The highest BCUT2D eigenvalue weighted by Gasteiger charge is 2.18. The largest absolute Gasteiger partial charge is 0.485 e. The Balaban J connectivity index is 2.10.